The Kier molecular flexibility index (Phi) is 9.37. The summed E-state index contributed by atoms with van der Waals surface area (Å²) in [4.78, 5) is 3.73. The third-order valence-corrected chi connectivity index (χ3v) is 7.29. The van der Waals surface area contributed by atoms with E-state index in [0.717, 1.165) is 28.0 Å². The zero-order valence-corrected chi connectivity index (χ0v) is 20.9. The fourth-order valence-electron chi connectivity index (χ4n) is 3.85. The fourth-order valence-corrected chi connectivity index (χ4v) is 5.17. The van der Waals surface area contributed by atoms with Gasteiger partial charge in [-0.1, -0.05) is 86.0 Å². The molecule has 2 nitrogen and oxygen atoms in total. The Balaban J connectivity index is 1.93. The molecule has 1 N–H and O–H groups in total. The van der Waals surface area contributed by atoms with E-state index in [9.17, 15) is 0 Å². The van der Waals surface area contributed by atoms with Crippen molar-refractivity contribution < 1.29 is 0 Å². The van der Waals surface area contributed by atoms with Gasteiger partial charge < -0.3 is 5.32 Å². The fraction of sp³-hybridized carbons (Fsp3) is 0.138. The van der Waals surface area contributed by atoms with E-state index < -0.39 is 0 Å². The average molecular weight is 471 g/mol. The van der Waals surface area contributed by atoms with Gasteiger partial charge in [-0.2, -0.15) is 0 Å². The number of rotatable bonds is 11. The van der Waals surface area contributed by atoms with Crippen LogP contribution in [0.1, 0.15) is 27.6 Å². The summed E-state index contributed by atoms with van der Waals surface area (Å²) in [6.45, 7) is 11.7. The lowest BCUT2D eigenvalue weighted by atomic mass is 9.88. The van der Waals surface area contributed by atoms with Crippen molar-refractivity contribution in [2.75, 3.05) is 13.3 Å². The summed E-state index contributed by atoms with van der Waals surface area (Å²) < 4.78 is 0. The summed E-state index contributed by atoms with van der Waals surface area (Å²) in [5.74, 6) is 0.901. The van der Waals surface area contributed by atoms with Crippen LogP contribution in [0, 0.1) is 0 Å². The van der Waals surface area contributed by atoms with Crippen molar-refractivity contribution in [1.82, 2.24) is 5.32 Å². The van der Waals surface area contributed by atoms with Gasteiger partial charge in [0.15, 0.2) is 0 Å². The van der Waals surface area contributed by atoms with Gasteiger partial charge in [-0.3, -0.25) is 4.99 Å². The maximum Gasteiger partial charge on any atom is 0.0784 e. The molecule has 0 aromatic heterocycles. The molecular formula is C29H30N2S2. The van der Waals surface area contributed by atoms with Crippen molar-refractivity contribution in [3.63, 3.8) is 0 Å². The van der Waals surface area contributed by atoms with E-state index in [0.29, 0.717) is 5.37 Å². The molecule has 3 rings (SSSR count). The van der Waals surface area contributed by atoms with Crippen LogP contribution in [0.3, 0.4) is 0 Å². The molecule has 0 saturated carbocycles. The number of benzene rings is 3. The lowest BCUT2D eigenvalue weighted by molar-refractivity contribution is 0.797. The smallest absolute Gasteiger partial charge is 0.0784 e. The Labute approximate surface area is 206 Å². The maximum atomic E-state index is 4.11. The van der Waals surface area contributed by atoms with Crippen LogP contribution in [0.4, 0.5) is 0 Å². The Morgan fingerprint density at radius 1 is 0.879 bits per heavy atom. The SMILES string of the molecule is C=Cc1c(-c2ccc(CS/C=C\N=C)cc2)ccc(-c2ccc(C(NC)SC)cc2)c1C=C. The number of nitrogens with one attached hydrogen (secondary N) is 1. The third-order valence-electron chi connectivity index (χ3n) is 5.50. The van der Waals surface area contributed by atoms with Gasteiger partial charge in [-0.05, 0) is 69.9 Å². The molecule has 168 valence electrons. The maximum absolute atomic E-state index is 4.11. The molecule has 0 fully saturated rings. The van der Waals surface area contributed by atoms with Gasteiger partial charge in [0, 0.05) is 12.0 Å². The molecular weight excluding hydrogens is 440 g/mol. The van der Waals surface area contributed by atoms with E-state index in [2.05, 4.69) is 97.1 Å². The van der Waals surface area contributed by atoms with Gasteiger partial charge in [-0.25, -0.2) is 0 Å². The van der Waals surface area contributed by atoms with Crippen LogP contribution < -0.4 is 5.32 Å². The third kappa shape index (κ3) is 5.97. The lowest BCUT2D eigenvalue weighted by Crippen LogP contribution is -2.11. The van der Waals surface area contributed by atoms with Crippen LogP contribution in [0.25, 0.3) is 34.4 Å². The van der Waals surface area contributed by atoms with E-state index in [-0.39, 0.29) is 0 Å². The topological polar surface area (TPSA) is 24.4 Å². The molecule has 0 radical (unpaired) electrons. The highest BCUT2D eigenvalue weighted by Crippen LogP contribution is 2.36. The summed E-state index contributed by atoms with van der Waals surface area (Å²) in [5.41, 5.74) is 9.41. The van der Waals surface area contributed by atoms with Crippen LogP contribution >= 0.6 is 23.5 Å². The highest BCUT2D eigenvalue weighted by Gasteiger charge is 2.13. The zero-order chi connectivity index (χ0) is 23.6. The second-order valence-corrected chi connectivity index (χ2v) is 9.24. The molecule has 0 aliphatic rings. The second kappa shape index (κ2) is 12.4. The van der Waals surface area contributed by atoms with Crippen molar-refractivity contribution in [1.29, 1.82) is 0 Å². The van der Waals surface area contributed by atoms with Gasteiger partial charge in [0.05, 0.1) is 5.37 Å². The van der Waals surface area contributed by atoms with Gasteiger partial charge in [0.2, 0.25) is 0 Å². The van der Waals surface area contributed by atoms with Gasteiger partial charge >= 0.3 is 0 Å². The number of hydrogen-bond donors (Lipinski definition) is 1. The van der Waals surface area contributed by atoms with Crippen molar-refractivity contribution in [2.24, 2.45) is 4.99 Å². The monoisotopic (exact) mass is 470 g/mol. The number of nitrogens with zero attached hydrogens (tertiary/aromatic N) is 1. The number of thioether (sulfide) groups is 2. The van der Waals surface area contributed by atoms with Crippen LogP contribution in [-0.2, 0) is 5.75 Å². The standard InChI is InChI=1S/C29H30N2S2/c1-6-25-26(7-2)28(23-12-14-24(15-13-23)29(31-4)32-5)17-16-27(25)22-10-8-21(9-11-22)20-33-19-18-30-3/h6-19,29,31H,1-3,20H2,4-5H3/b19-18-. The molecule has 3 aromatic carbocycles. The highest BCUT2D eigenvalue weighted by atomic mass is 32.2. The molecule has 1 atom stereocenters. The van der Waals surface area contributed by atoms with Gasteiger partial charge in [0.25, 0.3) is 0 Å². The van der Waals surface area contributed by atoms with E-state index in [1.807, 2.05) is 24.6 Å². The van der Waals surface area contributed by atoms with Crippen molar-refractivity contribution in [2.45, 2.75) is 11.1 Å². The van der Waals surface area contributed by atoms with Gasteiger partial charge in [0.1, 0.15) is 0 Å². The first-order chi connectivity index (χ1) is 16.2. The van der Waals surface area contributed by atoms with E-state index in [1.54, 1.807) is 29.7 Å². The molecule has 1 unspecified atom stereocenters. The van der Waals surface area contributed by atoms with Crippen LogP contribution in [0.2, 0.25) is 0 Å². The number of hydrogen-bond acceptors (Lipinski definition) is 4. The van der Waals surface area contributed by atoms with E-state index >= 15 is 0 Å². The highest BCUT2D eigenvalue weighted by molar-refractivity contribution is 8.01. The summed E-state index contributed by atoms with van der Waals surface area (Å²) in [6.07, 6.45) is 7.70. The van der Waals surface area contributed by atoms with Crippen LogP contribution in [0.15, 0.2) is 90.4 Å². The first-order valence-corrected chi connectivity index (χ1v) is 13.0. The minimum atomic E-state index is 0.292. The van der Waals surface area contributed by atoms with Crippen molar-refractivity contribution in [3.8, 4) is 22.3 Å². The molecule has 0 saturated heterocycles. The average Bonchev–Trinajstić information content (AvgIpc) is 2.87. The molecule has 0 amide bonds. The minimum absolute atomic E-state index is 0.292. The molecule has 0 aliphatic heterocycles. The number of aliphatic imine (C=N–C) groups is 1. The quantitative estimate of drug-likeness (QED) is 0.225. The molecule has 0 aliphatic carbocycles. The normalized spacial score (nSPS) is 11.9. The van der Waals surface area contributed by atoms with E-state index in [1.165, 1.54) is 22.3 Å². The summed E-state index contributed by atoms with van der Waals surface area (Å²) in [7, 11) is 1.99. The molecule has 0 bridgehead atoms. The summed E-state index contributed by atoms with van der Waals surface area (Å²) in [5, 5.41) is 5.59. The molecule has 0 spiro atoms. The second-order valence-electron chi connectivity index (χ2n) is 7.40. The lowest BCUT2D eigenvalue weighted by Gasteiger charge is -2.17. The van der Waals surface area contributed by atoms with E-state index in [4.69, 9.17) is 0 Å². The van der Waals surface area contributed by atoms with Gasteiger partial charge in [-0.15, -0.1) is 23.5 Å². The molecule has 33 heavy (non-hydrogen) atoms. The zero-order valence-electron chi connectivity index (χ0n) is 19.3. The molecule has 4 heteroatoms. The first-order valence-electron chi connectivity index (χ1n) is 10.7. The Morgan fingerprint density at radius 2 is 1.42 bits per heavy atom. The molecule has 0 heterocycles. The minimum Gasteiger partial charge on any atom is -0.305 e. The summed E-state index contributed by atoms with van der Waals surface area (Å²) >= 11 is 3.50. The predicted molar refractivity (Wildman–Crippen MR) is 153 cm³/mol. The Morgan fingerprint density at radius 3 is 1.88 bits per heavy atom. The van der Waals surface area contributed by atoms with Crippen LogP contribution in [0.5, 0.6) is 0 Å². The molecule has 3 aromatic rings. The van der Waals surface area contributed by atoms with Crippen LogP contribution in [-0.4, -0.2) is 20.0 Å². The predicted octanol–water partition coefficient (Wildman–Crippen LogP) is 8.29. The first kappa shape index (κ1) is 24.8. The Bertz CT molecular complexity index is 1130. The van der Waals surface area contributed by atoms with Crippen molar-refractivity contribution >= 4 is 42.4 Å². The summed E-state index contributed by atoms with van der Waals surface area (Å²) in [6, 6.07) is 21.8. The Hall–Kier alpha value is -2.79. The largest absolute Gasteiger partial charge is 0.305 e. The van der Waals surface area contributed by atoms with Crippen molar-refractivity contribution in [3.05, 3.63) is 108 Å².